The zero-order chi connectivity index (χ0) is 18.1. The van der Waals surface area contributed by atoms with Gasteiger partial charge in [-0.2, -0.15) is 4.98 Å². The minimum atomic E-state index is -0.543. The second-order valence-corrected chi connectivity index (χ2v) is 6.69. The molecule has 3 aromatic heterocycles. The van der Waals surface area contributed by atoms with Crippen LogP contribution < -0.4 is 4.90 Å². The molecule has 1 atom stereocenters. The Morgan fingerprint density at radius 3 is 2.69 bits per heavy atom. The van der Waals surface area contributed by atoms with E-state index in [1.807, 2.05) is 29.9 Å². The van der Waals surface area contributed by atoms with Crippen molar-refractivity contribution in [2.24, 2.45) is 13.0 Å². The molecule has 0 saturated carbocycles. The van der Waals surface area contributed by atoms with Crippen LogP contribution in [0.2, 0.25) is 0 Å². The summed E-state index contributed by atoms with van der Waals surface area (Å²) in [6.45, 7) is 3.42. The average molecular weight is 354 g/mol. The molecule has 4 heterocycles. The van der Waals surface area contributed by atoms with Gasteiger partial charge in [0.2, 0.25) is 0 Å². The lowest BCUT2D eigenvalue weighted by molar-refractivity contribution is 0.0824. The van der Waals surface area contributed by atoms with Gasteiger partial charge in [0.25, 0.3) is 5.89 Å². The predicted octanol–water partition coefficient (Wildman–Crippen LogP) is 2.12. The number of pyridine rings is 1. The van der Waals surface area contributed by atoms with E-state index >= 15 is 0 Å². The van der Waals surface area contributed by atoms with E-state index in [0.29, 0.717) is 11.7 Å². The molecule has 0 bridgehead atoms. The highest BCUT2D eigenvalue weighted by Crippen LogP contribution is 2.34. The maximum absolute atomic E-state index is 10.7. The summed E-state index contributed by atoms with van der Waals surface area (Å²) in [7, 11) is 1.91. The summed E-state index contributed by atoms with van der Waals surface area (Å²) in [5.41, 5.74) is 0.844. The molecule has 3 aromatic rings. The third-order valence-electron chi connectivity index (χ3n) is 4.95. The average Bonchev–Trinajstić information content (AvgIpc) is 3.29. The van der Waals surface area contributed by atoms with Crippen LogP contribution in [-0.4, -0.2) is 42.9 Å². The molecule has 4 rings (SSSR count). The van der Waals surface area contributed by atoms with Gasteiger partial charge in [0.05, 0.1) is 5.56 Å². The zero-order valence-corrected chi connectivity index (χ0v) is 14.9. The summed E-state index contributed by atoms with van der Waals surface area (Å²) in [5.74, 6) is 2.85. The standard InChI is InChI=1S/C18H22N6O2/c1-12-21-18(26-22-12)14-4-3-7-19-16(14)24-9-5-13(6-10-24)15(25)17-20-8-11-23(17)2/h3-4,7-8,11,13,15,25H,5-6,9-10H2,1-2H3. The van der Waals surface area contributed by atoms with Gasteiger partial charge >= 0.3 is 0 Å². The monoisotopic (exact) mass is 354 g/mol. The van der Waals surface area contributed by atoms with Crippen LogP contribution in [0.1, 0.15) is 30.6 Å². The Labute approximate surface area is 151 Å². The third-order valence-corrected chi connectivity index (χ3v) is 4.95. The van der Waals surface area contributed by atoms with Crippen LogP contribution in [0.15, 0.2) is 35.2 Å². The topological polar surface area (TPSA) is 93.1 Å². The number of aromatic nitrogens is 5. The lowest BCUT2D eigenvalue weighted by Crippen LogP contribution is -2.36. The molecule has 0 spiro atoms. The van der Waals surface area contributed by atoms with Gasteiger partial charge in [-0.05, 0) is 37.8 Å². The van der Waals surface area contributed by atoms with Crippen molar-refractivity contribution < 1.29 is 9.63 Å². The first-order valence-electron chi connectivity index (χ1n) is 8.79. The summed E-state index contributed by atoms with van der Waals surface area (Å²) in [6, 6.07) is 3.82. The minimum Gasteiger partial charge on any atom is -0.385 e. The lowest BCUT2D eigenvalue weighted by Gasteiger charge is -2.35. The van der Waals surface area contributed by atoms with E-state index in [2.05, 4.69) is 25.0 Å². The molecule has 0 aromatic carbocycles. The van der Waals surface area contributed by atoms with Crippen molar-refractivity contribution >= 4 is 5.82 Å². The van der Waals surface area contributed by atoms with E-state index in [-0.39, 0.29) is 5.92 Å². The fourth-order valence-electron chi connectivity index (χ4n) is 3.52. The van der Waals surface area contributed by atoms with Crippen molar-refractivity contribution in [3.63, 3.8) is 0 Å². The number of anilines is 1. The Bertz CT molecular complexity index is 881. The first kappa shape index (κ1) is 16.7. The smallest absolute Gasteiger partial charge is 0.261 e. The summed E-state index contributed by atoms with van der Waals surface area (Å²) in [5, 5.41) is 14.5. The molecule has 136 valence electrons. The van der Waals surface area contributed by atoms with Gasteiger partial charge in [-0.1, -0.05) is 5.16 Å². The van der Waals surface area contributed by atoms with Crippen molar-refractivity contribution in [2.45, 2.75) is 25.9 Å². The van der Waals surface area contributed by atoms with Gasteiger partial charge in [0.1, 0.15) is 17.7 Å². The van der Waals surface area contributed by atoms with Gasteiger partial charge in [0, 0.05) is 38.7 Å². The molecule has 26 heavy (non-hydrogen) atoms. The first-order valence-corrected chi connectivity index (χ1v) is 8.79. The Hall–Kier alpha value is -2.74. The fourth-order valence-corrected chi connectivity index (χ4v) is 3.52. The van der Waals surface area contributed by atoms with Crippen LogP contribution in [0.5, 0.6) is 0 Å². The molecule has 0 aliphatic carbocycles. The Balaban J connectivity index is 1.50. The molecule has 1 fully saturated rings. The van der Waals surface area contributed by atoms with E-state index in [9.17, 15) is 5.11 Å². The van der Waals surface area contributed by atoms with E-state index in [0.717, 1.165) is 43.1 Å². The first-order chi connectivity index (χ1) is 12.6. The van der Waals surface area contributed by atoms with Gasteiger partial charge in [-0.3, -0.25) is 0 Å². The molecule has 1 aliphatic heterocycles. The van der Waals surface area contributed by atoms with Crippen molar-refractivity contribution in [3.05, 3.63) is 42.4 Å². The molecular weight excluding hydrogens is 332 g/mol. The van der Waals surface area contributed by atoms with E-state index in [4.69, 9.17) is 4.52 Å². The Morgan fingerprint density at radius 2 is 2.04 bits per heavy atom. The van der Waals surface area contributed by atoms with E-state index < -0.39 is 6.10 Å². The number of imidazole rings is 1. The second-order valence-electron chi connectivity index (χ2n) is 6.69. The fraction of sp³-hybridized carbons (Fsp3) is 0.444. The molecule has 8 nitrogen and oxygen atoms in total. The van der Waals surface area contributed by atoms with Crippen molar-refractivity contribution in [1.82, 2.24) is 24.7 Å². The number of hydrogen-bond acceptors (Lipinski definition) is 7. The van der Waals surface area contributed by atoms with Gasteiger partial charge < -0.3 is 19.1 Å². The van der Waals surface area contributed by atoms with Gasteiger partial charge in [-0.15, -0.1) is 0 Å². The van der Waals surface area contributed by atoms with Crippen LogP contribution in [0.3, 0.4) is 0 Å². The number of piperidine rings is 1. The highest BCUT2D eigenvalue weighted by Gasteiger charge is 2.30. The highest BCUT2D eigenvalue weighted by molar-refractivity contribution is 5.69. The maximum Gasteiger partial charge on any atom is 0.261 e. The minimum absolute atomic E-state index is 0.185. The molecule has 1 aliphatic rings. The molecule has 1 unspecified atom stereocenters. The number of aliphatic hydroxyl groups excluding tert-OH is 1. The van der Waals surface area contributed by atoms with Crippen LogP contribution in [0.4, 0.5) is 5.82 Å². The number of nitrogens with zero attached hydrogens (tertiary/aromatic N) is 6. The summed E-state index contributed by atoms with van der Waals surface area (Å²) >= 11 is 0. The normalized spacial score (nSPS) is 16.8. The Morgan fingerprint density at radius 1 is 1.23 bits per heavy atom. The number of hydrogen-bond donors (Lipinski definition) is 1. The molecule has 0 radical (unpaired) electrons. The van der Waals surface area contributed by atoms with Gasteiger partial charge in [0.15, 0.2) is 5.82 Å². The predicted molar refractivity (Wildman–Crippen MR) is 95.4 cm³/mol. The Kier molecular flexibility index (Phi) is 4.42. The van der Waals surface area contributed by atoms with Crippen LogP contribution >= 0.6 is 0 Å². The number of aryl methyl sites for hydroxylation is 2. The van der Waals surface area contributed by atoms with Gasteiger partial charge in [-0.25, -0.2) is 9.97 Å². The molecule has 1 N–H and O–H groups in total. The number of aliphatic hydroxyl groups is 1. The highest BCUT2D eigenvalue weighted by atomic mass is 16.5. The van der Waals surface area contributed by atoms with E-state index in [1.165, 1.54) is 0 Å². The number of rotatable bonds is 4. The van der Waals surface area contributed by atoms with E-state index in [1.54, 1.807) is 19.3 Å². The molecule has 1 saturated heterocycles. The summed E-state index contributed by atoms with van der Waals surface area (Å²) in [4.78, 5) is 15.4. The largest absolute Gasteiger partial charge is 0.385 e. The van der Waals surface area contributed by atoms with Crippen LogP contribution in [0, 0.1) is 12.8 Å². The molecule has 8 heteroatoms. The summed E-state index contributed by atoms with van der Waals surface area (Å²) < 4.78 is 7.21. The quantitative estimate of drug-likeness (QED) is 0.767. The second kappa shape index (κ2) is 6.87. The zero-order valence-electron chi connectivity index (χ0n) is 14.9. The van der Waals surface area contributed by atoms with Crippen molar-refractivity contribution in [1.29, 1.82) is 0 Å². The van der Waals surface area contributed by atoms with Crippen molar-refractivity contribution in [2.75, 3.05) is 18.0 Å². The van der Waals surface area contributed by atoms with Crippen molar-refractivity contribution in [3.8, 4) is 11.5 Å². The lowest BCUT2D eigenvalue weighted by atomic mass is 9.90. The SMILES string of the molecule is Cc1noc(-c2cccnc2N2CCC(C(O)c3nccn3C)CC2)n1. The molecule has 0 amide bonds. The third kappa shape index (κ3) is 3.08. The summed E-state index contributed by atoms with van der Waals surface area (Å²) in [6.07, 6.45) is 6.55. The van der Waals surface area contributed by atoms with Crippen LogP contribution in [-0.2, 0) is 7.05 Å². The maximum atomic E-state index is 10.7. The molecular formula is C18H22N6O2. The van der Waals surface area contributed by atoms with Crippen LogP contribution in [0.25, 0.3) is 11.5 Å².